The molecule has 0 radical (unpaired) electrons. The Bertz CT molecular complexity index is 870. The molecule has 0 unspecified atom stereocenters. The van der Waals surface area contributed by atoms with Gasteiger partial charge in [0.25, 0.3) is 0 Å². The Morgan fingerprint density at radius 1 is 0.933 bits per heavy atom. The predicted octanol–water partition coefficient (Wildman–Crippen LogP) is 3.82. The van der Waals surface area contributed by atoms with Crippen LogP contribution in [-0.4, -0.2) is 40.0 Å². The third kappa shape index (κ3) is 7.06. The molecule has 0 bridgehead atoms. The van der Waals surface area contributed by atoms with E-state index in [0.717, 1.165) is 11.1 Å². The Kier molecular flexibility index (Phi) is 8.20. The number of halogens is 3. The number of methoxy groups -OCH3 is 2. The van der Waals surface area contributed by atoms with Crippen LogP contribution in [0.5, 0.6) is 17.2 Å². The van der Waals surface area contributed by atoms with Crippen molar-refractivity contribution in [3.63, 3.8) is 0 Å². The molecular formula is C21H26F3N3O3. The molecule has 2 aromatic rings. The monoisotopic (exact) mass is 425 g/mol. The first kappa shape index (κ1) is 23.2. The largest absolute Gasteiger partial charge is 0.497 e. The van der Waals surface area contributed by atoms with E-state index in [1.807, 2.05) is 18.2 Å². The lowest BCUT2D eigenvalue weighted by molar-refractivity contribution is -0.153. The number of aliphatic imine (C=N–C) groups is 1. The van der Waals surface area contributed by atoms with Crippen LogP contribution >= 0.6 is 0 Å². The molecule has 0 heterocycles. The van der Waals surface area contributed by atoms with E-state index in [1.165, 1.54) is 0 Å². The van der Waals surface area contributed by atoms with E-state index in [1.54, 1.807) is 46.4 Å². The number of nitrogens with zero attached hydrogens (tertiary/aromatic N) is 1. The minimum Gasteiger partial charge on any atom is -0.497 e. The average Bonchev–Trinajstić information content (AvgIpc) is 2.72. The summed E-state index contributed by atoms with van der Waals surface area (Å²) in [5.74, 6) is 2.02. The highest BCUT2D eigenvalue weighted by atomic mass is 19.4. The first-order valence-electron chi connectivity index (χ1n) is 9.20. The first-order chi connectivity index (χ1) is 14.3. The highest BCUT2D eigenvalue weighted by Gasteiger charge is 2.28. The second-order valence-corrected chi connectivity index (χ2v) is 6.47. The summed E-state index contributed by atoms with van der Waals surface area (Å²) in [5.41, 5.74) is 2.30. The molecule has 0 saturated heterocycles. The Labute approximate surface area is 174 Å². The highest BCUT2D eigenvalue weighted by Crippen LogP contribution is 2.25. The van der Waals surface area contributed by atoms with Crippen LogP contribution in [0, 0.1) is 6.92 Å². The van der Waals surface area contributed by atoms with Gasteiger partial charge in [-0.15, -0.1) is 0 Å². The van der Waals surface area contributed by atoms with Crippen molar-refractivity contribution in [3.8, 4) is 17.2 Å². The molecule has 0 aliphatic carbocycles. The van der Waals surface area contributed by atoms with Crippen LogP contribution in [0.25, 0.3) is 0 Å². The van der Waals surface area contributed by atoms with Crippen LogP contribution in [0.2, 0.25) is 0 Å². The van der Waals surface area contributed by atoms with E-state index in [-0.39, 0.29) is 12.3 Å². The Morgan fingerprint density at radius 2 is 1.57 bits per heavy atom. The van der Waals surface area contributed by atoms with Crippen LogP contribution in [0.4, 0.5) is 13.2 Å². The third-order valence-electron chi connectivity index (χ3n) is 4.22. The zero-order valence-corrected chi connectivity index (χ0v) is 17.4. The van der Waals surface area contributed by atoms with Crippen LogP contribution in [0.1, 0.15) is 16.7 Å². The van der Waals surface area contributed by atoms with Gasteiger partial charge in [0.05, 0.1) is 14.2 Å². The zero-order chi connectivity index (χ0) is 22.1. The lowest BCUT2D eigenvalue weighted by Gasteiger charge is -2.17. The second kappa shape index (κ2) is 10.6. The summed E-state index contributed by atoms with van der Waals surface area (Å²) in [5, 5.41) is 6.24. The maximum atomic E-state index is 12.5. The molecule has 0 atom stereocenters. The van der Waals surface area contributed by atoms with Gasteiger partial charge in [-0.05, 0) is 30.7 Å². The number of ether oxygens (including phenoxy) is 3. The van der Waals surface area contributed by atoms with Gasteiger partial charge in [0, 0.05) is 37.3 Å². The van der Waals surface area contributed by atoms with Crippen molar-refractivity contribution in [3.05, 3.63) is 53.1 Å². The molecule has 0 aromatic heterocycles. The predicted molar refractivity (Wildman–Crippen MR) is 109 cm³/mol. The van der Waals surface area contributed by atoms with Crippen molar-refractivity contribution < 1.29 is 27.4 Å². The summed E-state index contributed by atoms with van der Waals surface area (Å²) in [7, 11) is 4.76. The molecule has 9 heteroatoms. The average molecular weight is 425 g/mol. The maximum Gasteiger partial charge on any atom is 0.422 e. The van der Waals surface area contributed by atoms with Crippen LogP contribution in [0.15, 0.2) is 41.4 Å². The van der Waals surface area contributed by atoms with Gasteiger partial charge in [0.15, 0.2) is 12.6 Å². The lowest BCUT2D eigenvalue weighted by Crippen LogP contribution is -2.36. The van der Waals surface area contributed by atoms with E-state index in [9.17, 15) is 13.2 Å². The van der Waals surface area contributed by atoms with Gasteiger partial charge in [0.1, 0.15) is 17.2 Å². The molecule has 30 heavy (non-hydrogen) atoms. The van der Waals surface area contributed by atoms with Crippen molar-refractivity contribution >= 4 is 5.96 Å². The lowest BCUT2D eigenvalue weighted by atomic mass is 10.1. The molecule has 6 nitrogen and oxygen atoms in total. The summed E-state index contributed by atoms with van der Waals surface area (Å²) in [6.45, 7) is 1.12. The number of nitrogens with one attached hydrogen (secondary N) is 2. The smallest absolute Gasteiger partial charge is 0.422 e. The Balaban J connectivity index is 2.01. The number of alkyl halides is 3. The number of benzene rings is 2. The Morgan fingerprint density at radius 3 is 2.13 bits per heavy atom. The third-order valence-corrected chi connectivity index (χ3v) is 4.22. The maximum absolute atomic E-state index is 12.5. The van der Waals surface area contributed by atoms with Crippen LogP contribution in [-0.2, 0) is 13.1 Å². The van der Waals surface area contributed by atoms with E-state index in [4.69, 9.17) is 14.2 Å². The van der Waals surface area contributed by atoms with Gasteiger partial charge in [-0.2, -0.15) is 13.2 Å². The standard InChI is InChI=1S/C21H26F3N3O3/c1-14-5-6-16(19(9-14)30-13-21(22,23)24)12-27-20(25-2)26-11-15-7-8-17(28-3)10-18(15)29-4/h5-10H,11-13H2,1-4H3,(H2,25,26,27). The van der Waals surface area contributed by atoms with Gasteiger partial charge in [-0.1, -0.05) is 12.1 Å². The molecule has 2 N–H and O–H groups in total. The molecule has 0 amide bonds. The van der Waals surface area contributed by atoms with Crippen LogP contribution in [0.3, 0.4) is 0 Å². The van der Waals surface area contributed by atoms with Crippen molar-refractivity contribution in [1.29, 1.82) is 0 Å². The SMILES string of the molecule is CN=C(NCc1ccc(OC)cc1OC)NCc1ccc(C)cc1OCC(F)(F)F. The quantitative estimate of drug-likeness (QED) is 0.497. The van der Waals surface area contributed by atoms with E-state index >= 15 is 0 Å². The van der Waals surface area contributed by atoms with E-state index < -0.39 is 12.8 Å². The van der Waals surface area contributed by atoms with Crippen molar-refractivity contribution in [2.45, 2.75) is 26.2 Å². The number of hydrogen-bond acceptors (Lipinski definition) is 4. The van der Waals surface area contributed by atoms with Gasteiger partial charge >= 0.3 is 6.18 Å². The summed E-state index contributed by atoms with van der Waals surface area (Å²) in [6.07, 6.45) is -4.40. The zero-order valence-electron chi connectivity index (χ0n) is 17.4. The summed E-state index contributed by atoms with van der Waals surface area (Å²) in [4.78, 5) is 4.15. The summed E-state index contributed by atoms with van der Waals surface area (Å²) < 4.78 is 53.1. The topological polar surface area (TPSA) is 64.1 Å². The summed E-state index contributed by atoms with van der Waals surface area (Å²) >= 11 is 0. The fourth-order valence-corrected chi connectivity index (χ4v) is 2.68. The molecule has 0 aliphatic rings. The van der Waals surface area contributed by atoms with Crippen molar-refractivity contribution in [2.75, 3.05) is 27.9 Å². The number of guanidine groups is 1. The molecule has 0 fully saturated rings. The highest BCUT2D eigenvalue weighted by molar-refractivity contribution is 5.79. The molecule has 0 saturated carbocycles. The van der Waals surface area contributed by atoms with E-state index in [2.05, 4.69) is 15.6 Å². The fraction of sp³-hybridized carbons (Fsp3) is 0.381. The molecule has 0 spiro atoms. The van der Waals surface area contributed by atoms with Gasteiger partial charge in [-0.25, -0.2) is 0 Å². The number of aryl methyl sites for hydroxylation is 1. The van der Waals surface area contributed by atoms with Gasteiger partial charge in [-0.3, -0.25) is 4.99 Å². The molecule has 2 rings (SSSR count). The first-order valence-corrected chi connectivity index (χ1v) is 9.20. The molecule has 164 valence electrons. The molecule has 0 aliphatic heterocycles. The fourth-order valence-electron chi connectivity index (χ4n) is 2.68. The van der Waals surface area contributed by atoms with Crippen LogP contribution < -0.4 is 24.8 Å². The van der Waals surface area contributed by atoms with E-state index in [0.29, 0.717) is 29.6 Å². The second-order valence-electron chi connectivity index (χ2n) is 6.47. The summed E-state index contributed by atoms with van der Waals surface area (Å²) in [6, 6.07) is 10.6. The number of hydrogen-bond donors (Lipinski definition) is 2. The minimum atomic E-state index is -4.40. The number of rotatable bonds is 8. The van der Waals surface area contributed by atoms with Crippen molar-refractivity contribution in [1.82, 2.24) is 10.6 Å². The van der Waals surface area contributed by atoms with Crippen molar-refractivity contribution in [2.24, 2.45) is 4.99 Å². The minimum absolute atomic E-state index is 0.187. The van der Waals surface area contributed by atoms with Gasteiger partial charge < -0.3 is 24.8 Å². The Hall–Kier alpha value is -3.10. The van der Waals surface area contributed by atoms with Gasteiger partial charge in [0.2, 0.25) is 0 Å². The molecular weight excluding hydrogens is 399 g/mol. The molecule has 2 aromatic carbocycles. The normalized spacial score (nSPS) is 11.8.